The Kier molecular flexibility index (Phi) is 5.40. The Morgan fingerprint density at radius 3 is 2.39 bits per heavy atom. The molecule has 1 saturated heterocycles. The topological polar surface area (TPSA) is 57.7 Å². The molecule has 2 aromatic carbocycles. The third-order valence-electron chi connectivity index (χ3n) is 5.55. The van der Waals surface area contributed by atoms with Crippen molar-refractivity contribution >= 4 is 45.2 Å². The molecule has 0 bridgehead atoms. The molecule has 1 aliphatic carbocycles. The number of carbonyl (C=O) groups is 1. The van der Waals surface area contributed by atoms with Crippen molar-refractivity contribution in [3.63, 3.8) is 0 Å². The maximum Gasteiger partial charge on any atom is 0.243 e. The first-order valence-corrected chi connectivity index (χ1v) is 11.4. The van der Waals surface area contributed by atoms with Crippen molar-refractivity contribution in [2.75, 3.05) is 31.1 Å². The Labute approximate surface area is 174 Å². The van der Waals surface area contributed by atoms with Crippen molar-refractivity contribution in [3.8, 4) is 0 Å². The fourth-order valence-electron chi connectivity index (χ4n) is 3.93. The summed E-state index contributed by atoms with van der Waals surface area (Å²) >= 11 is 12.1. The van der Waals surface area contributed by atoms with E-state index in [2.05, 4.69) is 4.90 Å². The van der Waals surface area contributed by atoms with Gasteiger partial charge in [-0.15, -0.1) is 0 Å². The van der Waals surface area contributed by atoms with Gasteiger partial charge in [0.25, 0.3) is 0 Å². The van der Waals surface area contributed by atoms with Gasteiger partial charge in [-0.25, -0.2) is 8.42 Å². The summed E-state index contributed by atoms with van der Waals surface area (Å²) < 4.78 is 27.7. The van der Waals surface area contributed by atoms with Crippen molar-refractivity contribution in [2.45, 2.75) is 23.7 Å². The number of anilines is 1. The molecule has 2 aromatic rings. The van der Waals surface area contributed by atoms with Crippen LogP contribution in [0.4, 0.5) is 5.69 Å². The van der Waals surface area contributed by atoms with Crippen LogP contribution in [0, 0.1) is 0 Å². The lowest BCUT2D eigenvalue weighted by Gasteiger charge is -2.35. The van der Waals surface area contributed by atoms with Gasteiger partial charge in [-0.2, -0.15) is 4.31 Å². The van der Waals surface area contributed by atoms with Gasteiger partial charge in [0, 0.05) is 37.8 Å². The number of fused-ring (bicyclic) bond motifs is 1. The molecule has 1 aliphatic heterocycles. The Morgan fingerprint density at radius 2 is 1.71 bits per heavy atom. The van der Waals surface area contributed by atoms with E-state index in [9.17, 15) is 13.2 Å². The number of sulfonamides is 1. The van der Waals surface area contributed by atoms with Gasteiger partial charge in [0.05, 0.1) is 14.9 Å². The van der Waals surface area contributed by atoms with Gasteiger partial charge in [0.1, 0.15) is 6.29 Å². The highest BCUT2D eigenvalue weighted by Crippen LogP contribution is 2.34. The average Bonchev–Trinajstić information content (AvgIpc) is 3.12. The summed E-state index contributed by atoms with van der Waals surface area (Å²) in [6.45, 7) is 1.91. The number of piperazine rings is 1. The minimum absolute atomic E-state index is 0.198. The molecule has 1 atom stereocenters. The second kappa shape index (κ2) is 7.67. The highest BCUT2D eigenvalue weighted by Gasteiger charge is 2.31. The van der Waals surface area contributed by atoms with Crippen LogP contribution in [0.15, 0.2) is 41.3 Å². The van der Waals surface area contributed by atoms with E-state index in [-0.39, 0.29) is 10.8 Å². The Morgan fingerprint density at radius 1 is 0.964 bits per heavy atom. The Balaban J connectivity index is 1.51. The molecule has 0 saturated carbocycles. The number of aldehydes is 1. The number of halogens is 2. The summed E-state index contributed by atoms with van der Waals surface area (Å²) in [7, 11) is -3.59. The zero-order chi connectivity index (χ0) is 19.9. The third kappa shape index (κ3) is 3.54. The number of hydrogen-bond acceptors (Lipinski definition) is 4. The van der Waals surface area contributed by atoms with Gasteiger partial charge in [0.15, 0.2) is 0 Å². The summed E-state index contributed by atoms with van der Waals surface area (Å²) in [6, 6.07) is 10.6. The molecule has 1 heterocycles. The lowest BCUT2D eigenvalue weighted by Crippen LogP contribution is -2.48. The Hall–Kier alpha value is -1.60. The predicted octanol–water partition coefficient (Wildman–Crippen LogP) is 3.73. The standard InChI is InChI=1S/C20H20Cl2N2O3S/c21-19-6-4-16(11-20(19)22)23-7-9-24(10-8-23)28(26,27)17-5-3-14-1-2-15(13-25)18(14)12-17/h3-6,11-13,15H,1-2,7-10H2. The molecule has 28 heavy (non-hydrogen) atoms. The summed E-state index contributed by atoms with van der Waals surface area (Å²) in [6.07, 6.45) is 2.49. The van der Waals surface area contributed by atoms with E-state index in [1.165, 1.54) is 4.31 Å². The van der Waals surface area contributed by atoms with Gasteiger partial charge in [-0.1, -0.05) is 29.3 Å². The number of hydrogen-bond donors (Lipinski definition) is 0. The van der Waals surface area contributed by atoms with E-state index in [4.69, 9.17) is 23.2 Å². The van der Waals surface area contributed by atoms with Crippen molar-refractivity contribution in [2.24, 2.45) is 0 Å². The van der Waals surface area contributed by atoms with Crippen LogP contribution in [0.1, 0.15) is 23.5 Å². The molecule has 4 rings (SSSR count). The molecule has 0 aromatic heterocycles. The van der Waals surface area contributed by atoms with Gasteiger partial charge in [-0.3, -0.25) is 0 Å². The minimum atomic E-state index is -3.59. The molecule has 5 nitrogen and oxygen atoms in total. The van der Waals surface area contributed by atoms with Crippen LogP contribution in [-0.2, 0) is 21.2 Å². The number of rotatable bonds is 4. The molecular formula is C20H20Cl2N2O3S. The summed E-state index contributed by atoms with van der Waals surface area (Å²) in [4.78, 5) is 13.6. The molecule has 0 amide bonds. The van der Waals surface area contributed by atoms with Crippen LogP contribution in [0.5, 0.6) is 0 Å². The van der Waals surface area contributed by atoms with Crippen LogP contribution in [0.25, 0.3) is 0 Å². The second-order valence-electron chi connectivity index (χ2n) is 7.13. The van der Waals surface area contributed by atoms with Crippen LogP contribution >= 0.6 is 23.2 Å². The zero-order valence-electron chi connectivity index (χ0n) is 15.1. The van der Waals surface area contributed by atoms with Crippen LogP contribution in [0.3, 0.4) is 0 Å². The number of aryl methyl sites for hydroxylation is 1. The van der Waals surface area contributed by atoms with Crippen molar-refractivity contribution in [3.05, 3.63) is 57.6 Å². The first-order valence-electron chi connectivity index (χ1n) is 9.18. The number of nitrogens with zero attached hydrogens (tertiary/aromatic N) is 2. The smallest absolute Gasteiger partial charge is 0.243 e. The van der Waals surface area contributed by atoms with Crippen LogP contribution in [0.2, 0.25) is 10.0 Å². The average molecular weight is 439 g/mol. The molecule has 0 radical (unpaired) electrons. The summed E-state index contributed by atoms with van der Waals surface area (Å²) in [5, 5.41) is 0.981. The second-order valence-corrected chi connectivity index (χ2v) is 9.88. The fourth-order valence-corrected chi connectivity index (χ4v) is 5.68. The van der Waals surface area contributed by atoms with Crippen molar-refractivity contribution in [1.82, 2.24) is 4.31 Å². The Bertz CT molecular complexity index is 1020. The minimum Gasteiger partial charge on any atom is -0.369 e. The lowest BCUT2D eigenvalue weighted by molar-refractivity contribution is -0.109. The van der Waals surface area contributed by atoms with E-state index < -0.39 is 10.0 Å². The zero-order valence-corrected chi connectivity index (χ0v) is 17.5. The predicted molar refractivity (Wildman–Crippen MR) is 111 cm³/mol. The number of carbonyl (C=O) groups excluding carboxylic acids is 1. The van der Waals surface area contributed by atoms with Gasteiger partial charge >= 0.3 is 0 Å². The van der Waals surface area contributed by atoms with E-state index >= 15 is 0 Å². The van der Waals surface area contributed by atoms with E-state index in [1.807, 2.05) is 12.1 Å². The molecule has 1 fully saturated rings. The van der Waals surface area contributed by atoms with Crippen LogP contribution in [-0.4, -0.2) is 45.2 Å². The highest BCUT2D eigenvalue weighted by molar-refractivity contribution is 7.89. The molecule has 0 spiro atoms. The molecule has 8 heteroatoms. The van der Waals surface area contributed by atoms with Crippen LogP contribution < -0.4 is 4.90 Å². The molecular weight excluding hydrogens is 419 g/mol. The van der Waals surface area contributed by atoms with Gasteiger partial charge < -0.3 is 9.69 Å². The third-order valence-corrected chi connectivity index (χ3v) is 8.18. The van der Waals surface area contributed by atoms with E-state index in [1.54, 1.807) is 24.3 Å². The lowest BCUT2D eigenvalue weighted by atomic mass is 10.0. The summed E-state index contributed by atoms with van der Waals surface area (Å²) in [5.41, 5.74) is 2.85. The fraction of sp³-hybridized carbons (Fsp3) is 0.350. The normalized spacial score (nSPS) is 20.2. The maximum absolute atomic E-state index is 13.1. The quantitative estimate of drug-likeness (QED) is 0.682. The maximum atomic E-state index is 13.1. The largest absolute Gasteiger partial charge is 0.369 e. The SMILES string of the molecule is O=CC1CCc2ccc(S(=O)(=O)N3CCN(c4ccc(Cl)c(Cl)c4)CC3)cc21. The first kappa shape index (κ1) is 19.7. The molecule has 1 unspecified atom stereocenters. The van der Waals surface area contributed by atoms with E-state index in [0.717, 1.165) is 35.9 Å². The molecule has 0 N–H and O–H groups in total. The van der Waals surface area contributed by atoms with E-state index in [0.29, 0.717) is 36.2 Å². The first-order chi connectivity index (χ1) is 13.4. The number of benzene rings is 2. The molecule has 2 aliphatic rings. The van der Waals surface area contributed by atoms with Crippen molar-refractivity contribution in [1.29, 1.82) is 0 Å². The monoisotopic (exact) mass is 438 g/mol. The van der Waals surface area contributed by atoms with Gasteiger partial charge in [0.2, 0.25) is 10.0 Å². The summed E-state index contributed by atoms with van der Waals surface area (Å²) in [5.74, 6) is -0.198. The highest BCUT2D eigenvalue weighted by atomic mass is 35.5. The van der Waals surface area contributed by atoms with Gasteiger partial charge in [-0.05, 0) is 54.3 Å². The van der Waals surface area contributed by atoms with Crippen molar-refractivity contribution < 1.29 is 13.2 Å². The molecule has 148 valence electrons.